The molecular formula is C54H34N2OS. The zero-order valence-electron chi connectivity index (χ0n) is 31.3. The van der Waals surface area contributed by atoms with E-state index in [2.05, 4.69) is 204 Å². The first-order valence-electron chi connectivity index (χ1n) is 19.7. The Balaban J connectivity index is 1.03. The van der Waals surface area contributed by atoms with Gasteiger partial charge in [0.2, 0.25) is 0 Å². The summed E-state index contributed by atoms with van der Waals surface area (Å²) in [5, 5.41) is 7.31. The molecule has 0 saturated heterocycles. The van der Waals surface area contributed by atoms with Crippen molar-refractivity contribution >= 4 is 92.3 Å². The highest BCUT2D eigenvalue weighted by molar-refractivity contribution is 7.26. The van der Waals surface area contributed by atoms with Gasteiger partial charge in [0.25, 0.3) is 0 Å². The molecule has 0 atom stereocenters. The van der Waals surface area contributed by atoms with Gasteiger partial charge in [0.15, 0.2) is 0 Å². The minimum Gasteiger partial charge on any atom is -0.456 e. The third-order valence-electron chi connectivity index (χ3n) is 11.6. The molecule has 0 radical (unpaired) electrons. The van der Waals surface area contributed by atoms with Crippen LogP contribution >= 0.6 is 11.3 Å². The molecule has 3 nitrogen and oxygen atoms in total. The van der Waals surface area contributed by atoms with E-state index in [1.165, 1.54) is 64.2 Å². The number of fused-ring (bicyclic) bond motifs is 9. The van der Waals surface area contributed by atoms with E-state index in [1.807, 2.05) is 23.5 Å². The fraction of sp³-hybridized carbons (Fsp3) is 0. The molecule has 0 aliphatic rings. The quantitative estimate of drug-likeness (QED) is 0.168. The Labute approximate surface area is 338 Å². The lowest BCUT2D eigenvalue weighted by Gasteiger charge is -2.26. The molecule has 3 heterocycles. The standard InChI is InChI=1S/C54H34N2OS/c1-2-12-35(13-3-1)36-22-26-38(27-23-36)55(40-30-31-52-47(32-40)44-16-6-10-20-51(44)57-52)39-28-24-37(25-29-39)46-33-41(34-48-45-17-7-11-21-53(45)58-54(46)48)56-49-18-8-4-14-42(49)43-15-5-9-19-50(43)56/h1-34H. The molecule has 3 aromatic heterocycles. The normalized spacial score (nSPS) is 11.8. The fourth-order valence-electron chi connectivity index (χ4n) is 8.88. The molecule has 0 unspecified atom stereocenters. The van der Waals surface area contributed by atoms with Crippen LogP contribution in [0.3, 0.4) is 0 Å². The lowest BCUT2D eigenvalue weighted by Crippen LogP contribution is -2.09. The van der Waals surface area contributed by atoms with Gasteiger partial charge in [-0.1, -0.05) is 127 Å². The zero-order chi connectivity index (χ0) is 38.2. The third kappa shape index (κ3) is 5.19. The summed E-state index contributed by atoms with van der Waals surface area (Å²) in [4.78, 5) is 2.35. The maximum Gasteiger partial charge on any atom is 0.135 e. The Kier molecular flexibility index (Phi) is 7.40. The zero-order valence-corrected chi connectivity index (χ0v) is 32.2. The first-order chi connectivity index (χ1) is 28.7. The monoisotopic (exact) mass is 758 g/mol. The number of benzene rings is 9. The van der Waals surface area contributed by atoms with Crippen LogP contribution in [0.5, 0.6) is 0 Å². The predicted octanol–water partition coefficient (Wildman–Crippen LogP) is 15.9. The van der Waals surface area contributed by atoms with Gasteiger partial charge < -0.3 is 13.9 Å². The number of rotatable bonds is 6. The first kappa shape index (κ1) is 32.8. The molecule has 0 aliphatic carbocycles. The summed E-state index contributed by atoms with van der Waals surface area (Å²) in [5.41, 5.74) is 13.4. The van der Waals surface area contributed by atoms with Crippen LogP contribution in [0.25, 0.3) is 91.9 Å². The van der Waals surface area contributed by atoms with Gasteiger partial charge in [0.05, 0.1) is 11.0 Å². The van der Waals surface area contributed by atoms with E-state index in [0.29, 0.717) is 0 Å². The smallest absolute Gasteiger partial charge is 0.135 e. The third-order valence-corrected chi connectivity index (χ3v) is 12.8. The number of anilines is 3. The molecule has 0 spiro atoms. The Hall–Kier alpha value is -7.40. The van der Waals surface area contributed by atoms with Gasteiger partial charge in [0, 0.05) is 70.0 Å². The summed E-state index contributed by atoms with van der Waals surface area (Å²) in [7, 11) is 0. The van der Waals surface area contributed by atoms with Crippen LogP contribution in [0.4, 0.5) is 17.1 Å². The van der Waals surface area contributed by atoms with Gasteiger partial charge in [-0.25, -0.2) is 0 Å². The molecule has 0 aliphatic heterocycles. The van der Waals surface area contributed by atoms with E-state index in [9.17, 15) is 0 Å². The minimum atomic E-state index is 0.884. The molecule has 272 valence electrons. The van der Waals surface area contributed by atoms with Gasteiger partial charge in [-0.15, -0.1) is 11.3 Å². The summed E-state index contributed by atoms with van der Waals surface area (Å²) < 4.78 is 11.3. The first-order valence-corrected chi connectivity index (χ1v) is 20.5. The number of furan rings is 1. The van der Waals surface area contributed by atoms with Gasteiger partial charge in [-0.05, 0) is 95.6 Å². The lowest BCUT2D eigenvalue weighted by atomic mass is 10.0. The van der Waals surface area contributed by atoms with Crippen molar-refractivity contribution in [3.8, 4) is 27.9 Å². The maximum absolute atomic E-state index is 6.25. The van der Waals surface area contributed by atoms with Crippen LogP contribution in [0.1, 0.15) is 0 Å². The summed E-state index contributed by atoms with van der Waals surface area (Å²) in [6.07, 6.45) is 0. The number of para-hydroxylation sites is 3. The Morgan fingerprint density at radius 1 is 0.379 bits per heavy atom. The van der Waals surface area contributed by atoms with Crippen LogP contribution in [-0.4, -0.2) is 4.57 Å². The highest BCUT2D eigenvalue weighted by Crippen LogP contribution is 2.45. The largest absolute Gasteiger partial charge is 0.456 e. The molecule has 58 heavy (non-hydrogen) atoms. The molecule has 4 heteroatoms. The topological polar surface area (TPSA) is 21.3 Å². The molecule has 12 aromatic rings. The number of nitrogens with zero attached hydrogens (tertiary/aromatic N) is 2. The predicted molar refractivity (Wildman–Crippen MR) is 247 cm³/mol. The van der Waals surface area contributed by atoms with Gasteiger partial charge in [-0.2, -0.15) is 0 Å². The molecule has 0 N–H and O–H groups in total. The van der Waals surface area contributed by atoms with Crippen molar-refractivity contribution in [2.75, 3.05) is 4.90 Å². The van der Waals surface area contributed by atoms with Crippen molar-refractivity contribution in [2.45, 2.75) is 0 Å². The number of thiophene rings is 1. The Bertz CT molecular complexity index is 3450. The van der Waals surface area contributed by atoms with E-state index in [0.717, 1.165) is 44.7 Å². The van der Waals surface area contributed by atoms with E-state index in [1.54, 1.807) is 0 Å². The fourth-order valence-corrected chi connectivity index (χ4v) is 10.1. The summed E-state index contributed by atoms with van der Waals surface area (Å²) in [6.45, 7) is 0. The maximum atomic E-state index is 6.25. The van der Waals surface area contributed by atoms with Crippen LogP contribution in [0.15, 0.2) is 211 Å². The summed E-state index contributed by atoms with van der Waals surface area (Å²) in [6, 6.07) is 74.5. The SMILES string of the molecule is c1ccc(-c2ccc(N(c3ccc(-c4cc(-n5c6ccccc6c6ccccc65)cc5c4sc4ccccc45)cc3)c3ccc4oc5ccccc5c4c3)cc2)cc1. The van der Waals surface area contributed by atoms with Crippen LogP contribution in [-0.2, 0) is 0 Å². The number of hydrogen-bond donors (Lipinski definition) is 0. The van der Waals surface area contributed by atoms with E-state index < -0.39 is 0 Å². The highest BCUT2D eigenvalue weighted by Gasteiger charge is 2.19. The summed E-state index contributed by atoms with van der Waals surface area (Å²) in [5.74, 6) is 0. The second-order valence-electron chi connectivity index (χ2n) is 14.9. The van der Waals surface area contributed by atoms with Crippen molar-refractivity contribution < 1.29 is 4.42 Å². The van der Waals surface area contributed by atoms with Crippen molar-refractivity contribution in [1.82, 2.24) is 4.57 Å². The van der Waals surface area contributed by atoms with Gasteiger partial charge in [-0.3, -0.25) is 0 Å². The Morgan fingerprint density at radius 2 is 0.931 bits per heavy atom. The molecule has 0 saturated carbocycles. The van der Waals surface area contributed by atoms with Crippen LogP contribution < -0.4 is 4.90 Å². The van der Waals surface area contributed by atoms with E-state index >= 15 is 0 Å². The van der Waals surface area contributed by atoms with Crippen molar-refractivity contribution in [3.63, 3.8) is 0 Å². The van der Waals surface area contributed by atoms with Gasteiger partial charge in [0.1, 0.15) is 11.2 Å². The average molecular weight is 759 g/mol. The number of aromatic nitrogens is 1. The van der Waals surface area contributed by atoms with E-state index in [-0.39, 0.29) is 0 Å². The molecule has 9 aromatic carbocycles. The van der Waals surface area contributed by atoms with Crippen molar-refractivity contribution in [2.24, 2.45) is 0 Å². The minimum absolute atomic E-state index is 0.884. The molecule has 12 rings (SSSR count). The molecule has 0 bridgehead atoms. The second kappa shape index (κ2) is 13.1. The van der Waals surface area contributed by atoms with Crippen LogP contribution in [0, 0.1) is 0 Å². The average Bonchev–Trinajstić information content (AvgIpc) is 3.97. The van der Waals surface area contributed by atoms with Gasteiger partial charge >= 0.3 is 0 Å². The van der Waals surface area contributed by atoms with Crippen molar-refractivity contribution in [1.29, 1.82) is 0 Å². The second-order valence-corrected chi connectivity index (χ2v) is 16.0. The number of hydrogen-bond acceptors (Lipinski definition) is 3. The lowest BCUT2D eigenvalue weighted by molar-refractivity contribution is 0.669. The molecular weight excluding hydrogens is 725 g/mol. The highest BCUT2D eigenvalue weighted by atomic mass is 32.1. The van der Waals surface area contributed by atoms with Crippen LogP contribution in [0.2, 0.25) is 0 Å². The van der Waals surface area contributed by atoms with E-state index in [4.69, 9.17) is 4.42 Å². The molecule has 0 fully saturated rings. The summed E-state index contributed by atoms with van der Waals surface area (Å²) >= 11 is 1.87. The molecule has 0 amide bonds. The Morgan fingerprint density at radius 3 is 1.66 bits per heavy atom. The van der Waals surface area contributed by atoms with Crippen molar-refractivity contribution in [3.05, 3.63) is 206 Å².